The Bertz CT molecular complexity index is 480. The van der Waals surface area contributed by atoms with Crippen LogP contribution >= 0.6 is 0 Å². The van der Waals surface area contributed by atoms with E-state index in [4.69, 9.17) is 5.73 Å². The van der Waals surface area contributed by atoms with Gasteiger partial charge in [0.05, 0.1) is 6.04 Å². The molecule has 1 unspecified atom stereocenters. The van der Waals surface area contributed by atoms with Crippen LogP contribution in [-0.4, -0.2) is 28.9 Å². The van der Waals surface area contributed by atoms with Crippen LogP contribution in [0.25, 0.3) is 0 Å². The lowest BCUT2D eigenvalue weighted by molar-refractivity contribution is -0.115. The summed E-state index contributed by atoms with van der Waals surface area (Å²) in [6.07, 6.45) is 3.33. The minimum absolute atomic E-state index is 0. The van der Waals surface area contributed by atoms with E-state index in [9.17, 15) is 9.90 Å². The molecule has 1 rings (SSSR count). The number of aliphatic imine (C=N–C) groups is 1. The van der Waals surface area contributed by atoms with E-state index in [2.05, 4.69) is 11.6 Å². The summed E-state index contributed by atoms with van der Waals surface area (Å²) in [7, 11) is 0. The molecule has 0 heterocycles. The smallest absolute Gasteiger partial charge is 0.172 e. The van der Waals surface area contributed by atoms with Gasteiger partial charge in [0.25, 0.3) is 0 Å². The van der Waals surface area contributed by atoms with Crippen molar-refractivity contribution in [3.05, 3.63) is 48.0 Å². The van der Waals surface area contributed by atoms with Crippen molar-refractivity contribution in [3.63, 3.8) is 0 Å². The lowest BCUT2D eigenvalue weighted by Crippen LogP contribution is -2.31. The second-order valence-electron chi connectivity index (χ2n) is 4.91. The molecule has 0 aliphatic carbocycles. The maximum Gasteiger partial charge on any atom is 0.172 e. The van der Waals surface area contributed by atoms with Gasteiger partial charge in [0.2, 0.25) is 0 Å². The van der Waals surface area contributed by atoms with Gasteiger partial charge in [-0.05, 0) is 37.5 Å². The molecule has 0 radical (unpaired) electrons. The van der Waals surface area contributed by atoms with E-state index in [1.54, 1.807) is 20.1 Å². The molecule has 21 heavy (non-hydrogen) atoms. The molecular formula is C17H30N2O2. The fourth-order valence-electron chi connectivity index (χ4n) is 1.48. The van der Waals surface area contributed by atoms with Crippen molar-refractivity contribution in [2.75, 3.05) is 0 Å². The summed E-state index contributed by atoms with van der Waals surface area (Å²) in [5, 5.41) is 9.48. The highest BCUT2D eigenvalue weighted by molar-refractivity contribution is 5.93. The Labute approximate surface area is 130 Å². The van der Waals surface area contributed by atoms with E-state index < -0.39 is 11.8 Å². The highest BCUT2D eigenvalue weighted by Gasteiger charge is 2.10. The second kappa shape index (κ2) is 9.21. The number of nitrogens with two attached hydrogens (primary N) is 1. The zero-order valence-electron chi connectivity index (χ0n) is 13.3. The summed E-state index contributed by atoms with van der Waals surface area (Å²) >= 11 is 0. The first kappa shape index (κ1) is 19.2. The van der Waals surface area contributed by atoms with Crippen LogP contribution in [0.15, 0.2) is 41.9 Å². The van der Waals surface area contributed by atoms with Crippen LogP contribution < -0.4 is 5.73 Å². The van der Waals surface area contributed by atoms with E-state index in [1.165, 1.54) is 6.08 Å². The third kappa shape index (κ3) is 8.17. The molecule has 0 amide bonds. The summed E-state index contributed by atoms with van der Waals surface area (Å²) in [6, 6.07) is 6.98. The number of benzene rings is 1. The summed E-state index contributed by atoms with van der Waals surface area (Å²) in [5.74, 6) is -0.160. The SMILES string of the molecule is C=CC(=O)C(N)Cc1ccc(/C=N/C(C)(C)O)cc1.CC.[HH].[HH]. The van der Waals surface area contributed by atoms with E-state index in [0.717, 1.165) is 11.1 Å². The number of hydrogen-bond donors (Lipinski definition) is 2. The van der Waals surface area contributed by atoms with Crippen molar-refractivity contribution in [1.29, 1.82) is 0 Å². The van der Waals surface area contributed by atoms with E-state index in [1.807, 2.05) is 38.1 Å². The van der Waals surface area contributed by atoms with Crippen molar-refractivity contribution in [2.45, 2.75) is 45.9 Å². The second-order valence-corrected chi connectivity index (χ2v) is 4.91. The van der Waals surface area contributed by atoms with Crippen LogP contribution in [0.1, 0.15) is 41.7 Å². The van der Waals surface area contributed by atoms with Crippen LogP contribution in [0, 0.1) is 0 Å². The lowest BCUT2D eigenvalue weighted by Gasteiger charge is -2.10. The van der Waals surface area contributed by atoms with E-state index >= 15 is 0 Å². The molecule has 0 bridgehead atoms. The van der Waals surface area contributed by atoms with Crippen molar-refractivity contribution in [1.82, 2.24) is 0 Å². The van der Waals surface area contributed by atoms with Crippen molar-refractivity contribution in [2.24, 2.45) is 10.7 Å². The number of aliphatic hydroxyl groups is 1. The number of rotatable bonds is 6. The molecule has 0 saturated carbocycles. The minimum Gasteiger partial charge on any atom is -0.370 e. The van der Waals surface area contributed by atoms with Gasteiger partial charge in [-0.15, -0.1) is 0 Å². The van der Waals surface area contributed by atoms with Crippen LogP contribution in [0.3, 0.4) is 0 Å². The van der Waals surface area contributed by atoms with Gasteiger partial charge in [0.15, 0.2) is 5.78 Å². The average molecular weight is 294 g/mol. The maximum atomic E-state index is 11.3. The zero-order chi connectivity index (χ0) is 16.5. The predicted octanol–water partition coefficient (Wildman–Crippen LogP) is 2.98. The minimum atomic E-state index is -1.07. The largest absolute Gasteiger partial charge is 0.370 e. The molecule has 0 aromatic heterocycles. The molecule has 1 atom stereocenters. The standard InChI is InChI=1S/C15H20N2O2.C2H6.2H2/c1-4-14(18)13(16)9-11-5-7-12(8-6-11)10-17-15(2,3)19;1-2;;/h4-8,10,13,19H,1,9,16H2,2-3H3;1-2H3;2*1H/b17-10+;;;. The Hall–Kier alpha value is -1.78. The molecule has 1 aromatic carbocycles. The lowest BCUT2D eigenvalue weighted by atomic mass is 10.0. The molecule has 3 N–H and O–H groups in total. The van der Waals surface area contributed by atoms with Crippen molar-refractivity contribution in [3.8, 4) is 0 Å². The third-order valence-corrected chi connectivity index (χ3v) is 2.53. The Balaban J connectivity index is -0.000000960. The normalized spacial score (nSPS) is 12.5. The first-order valence-electron chi connectivity index (χ1n) is 7.10. The van der Waals surface area contributed by atoms with Gasteiger partial charge in [-0.3, -0.25) is 9.79 Å². The Kier molecular flexibility index (Phi) is 8.43. The van der Waals surface area contributed by atoms with Gasteiger partial charge in [0.1, 0.15) is 5.72 Å². The summed E-state index contributed by atoms with van der Waals surface area (Å²) in [6.45, 7) is 10.6. The molecule has 4 heteroatoms. The number of ketones is 1. The number of nitrogens with zero attached hydrogens (tertiary/aromatic N) is 1. The number of hydrogen-bond acceptors (Lipinski definition) is 4. The van der Waals surface area contributed by atoms with Gasteiger partial charge in [0, 0.05) is 9.07 Å². The van der Waals surface area contributed by atoms with Crippen molar-refractivity contribution >= 4 is 12.0 Å². The predicted molar refractivity (Wildman–Crippen MR) is 92.8 cm³/mol. The monoisotopic (exact) mass is 294 g/mol. The molecule has 0 fully saturated rings. The molecule has 120 valence electrons. The molecule has 0 saturated heterocycles. The fraction of sp³-hybridized carbons (Fsp3) is 0.412. The summed E-state index contributed by atoms with van der Waals surface area (Å²) < 4.78 is 0. The van der Waals surface area contributed by atoms with Crippen LogP contribution in [0.4, 0.5) is 0 Å². The molecule has 4 nitrogen and oxygen atoms in total. The topological polar surface area (TPSA) is 75.7 Å². The van der Waals surface area contributed by atoms with Gasteiger partial charge < -0.3 is 10.8 Å². The zero-order valence-corrected chi connectivity index (χ0v) is 13.3. The fourth-order valence-corrected chi connectivity index (χ4v) is 1.48. The number of carbonyl (C=O) groups is 1. The van der Waals surface area contributed by atoms with Crippen LogP contribution in [-0.2, 0) is 11.2 Å². The first-order chi connectivity index (χ1) is 9.81. The Morgan fingerprint density at radius 1 is 1.43 bits per heavy atom. The van der Waals surface area contributed by atoms with E-state index in [-0.39, 0.29) is 8.64 Å². The van der Waals surface area contributed by atoms with Crippen LogP contribution in [0.2, 0.25) is 0 Å². The molecule has 0 aliphatic rings. The molecule has 0 spiro atoms. The summed E-state index contributed by atoms with van der Waals surface area (Å²) in [5.41, 5.74) is 6.52. The van der Waals surface area contributed by atoms with Crippen LogP contribution in [0.5, 0.6) is 0 Å². The van der Waals surface area contributed by atoms with Crippen molar-refractivity contribution < 1.29 is 12.8 Å². The van der Waals surface area contributed by atoms with E-state index in [0.29, 0.717) is 6.42 Å². The van der Waals surface area contributed by atoms with Gasteiger partial charge in [-0.1, -0.05) is 44.7 Å². The van der Waals surface area contributed by atoms with Gasteiger partial charge in [-0.2, -0.15) is 0 Å². The highest BCUT2D eigenvalue weighted by atomic mass is 16.3. The van der Waals surface area contributed by atoms with Gasteiger partial charge >= 0.3 is 0 Å². The third-order valence-electron chi connectivity index (χ3n) is 2.53. The quantitative estimate of drug-likeness (QED) is 0.625. The van der Waals surface area contributed by atoms with Gasteiger partial charge in [-0.25, -0.2) is 0 Å². The summed E-state index contributed by atoms with van der Waals surface area (Å²) in [4.78, 5) is 15.3. The molecule has 1 aromatic rings. The maximum absolute atomic E-state index is 11.3. The average Bonchev–Trinajstić information content (AvgIpc) is 2.47. The number of carbonyl (C=O) groups excluding carboxylic acids is 1. The first-order valence-corrected chi connectivity index (χ1v) is 7.10. The Morgan fingerprint density at radius 2 is 1.95 bits per heavy atom. The molecule has 0 aliphatic heterocycles. The molecular weight excluding hydrogens is 264 g/mol. The highest BCUT2D eigenvalue weighted by Crippen LogP contribution is 2.08. The Morgan fingerprint density at radius 3 is 2.38 bits per heavy atom.